The number of benzene rings is 1. The van der Waals surface area contributed by atoms with Gasteiger partial charge in [0, 0.05) is 11.8 Å². The fourth-order valence-electron chi connectivity index (χ4n) is 1.78. The topological polar surface area (TPSA) is 58.5 Å². The molecule has 4 heteroatoms. The second-order valence-electron chi connectivity index (χ2n) is 4.34. The summed E-state index contributed by atoms with van der Waals surface area (Å²) in [6, 6.07) is 9.70. The number of hydrogen-bond acceptors (Lipinski definition) is 4. The van der Waals surface area contributed by atoms with E-state index in [-0.39, 0.29) is 0 Å². The Morgan fingerprint density at radius 2 is 2.00 bits per heavy atom. The maximum atomic E-state index is 9.10. The third-order valence-corrected chi connectivity index (χ3v) is 3.00. The van der Waals surface area contributed by atoms with Crippen molar-refractivity contribution in [3.8, 4) is 11.8 Å². The number of nitriles is 1. The van der Waals surface area contributed by atoms with Gasteiger partial charge in [-0.15, -0.1) is 0 Å². The zero-order valence-electron chi connectivity index (χ0n) is 11.8. The predicted molar refractivity (Wildman–Crippen MR) is 77.8 cm³/mol. The van der Waals surface area contributed by atoms with Gasteiger partial charge >= 0.3 is 0 Å². The van der Waals surface area contributed by atoms with Gasteiger partial charge in [-0.05, 0) is 50.6 Å². The largest absolute Gasteiger partial charge is 0.494 e. The van der Waals surface area contributed by atoms with Gasteiger partial charge in [-0.1, -0.05) is 0 Å². The molecule has 0 bridgehead atoms. The molecular weight excluding hydrogens is 252 g/mol. The van der Waals surface area contributed by atoms with Gasteiger partial charge in [0.15, 0.2) is 0 Å². The second-order valence-corrected chi connectivity index (χ2v) is 4.34. The fourth-order valence-corrected chi connectivity index (χ4v) is 1.78. The minimum atomic E-state index is 0.358. The summed E-state index contributed by atoms with van der Waals surface area (Å²) >= 11 is 0. The molecule has 1 aromatic carbocycles. The molecule has 0 spiro atoms. The molecule has 1 heterocycles. The van der Waals surface area contributed by atoms with Gasteiger partial charge < -0.3 is 9.15 Å². The van der Waals surface area contributed by atoms with Crippen LogP contribution in [0.3, 0.4) is 0 Å². The molecule has 2 rings (SSSR count). The molecule has 0 fully saturated rings. The maximum Gasteiger partial charge on any atom is 0.237 e. The van der Waals surface area contributed by atoms with Crippen LogP contribution in [0.4, 0.5) is 5.88 Å². The lowest BCUT2D eigenvalue weighted by Crippen LogP contribution is -1.91. The Hall–Kier alpha value is -2.54. The highest BCUT2D eigenvalue weighted by atomic mass is 16.5. The lowest BCUT2D eigenvalue weighted by Gasteiger charge is -2.01. The van der Waals surface area contributed by atoms with Crippen molar-refractivity contribution in [2.24, 2.45) is 4.99 Å². The fraction of sp³-hybridized carbons (Fsp3) is 0.250. The molecule has 0 radical (unpaired) electrons. The standard InChI is InChI=1S/C16H16N2O2/c1-4-19-14-7-5-13(6-8-14)10-18-16-15(9-17)11(2)12(3)20-16/h5-8,10H,4H2,1-3H3/b18-10+. The van der Waals surface area contributed by atoms with Crippen LogP contribution >= 0.6 is 0 Å². The van der Waals surface area contributed by atoms with Crippen molar-refractivity contribution in [1.29, 1.82) is 5.26 Å². The van der Waals surface area contributed by atoms with Crippen LogP contribution in [0.25, 0.3) is 0 Å². The first-order valence-corrected chi connectivity index (χ1v) is 6.42. The zero-order valence-corrected chi connectivity index (χ0v) is 11.8. The van der Waals surface area contributed by atoms with Gasteiger partial charge in [-0.3, -0.25) is 0 Å². The van der Waals surface area contributed by atoms with E-state index in [2.05, 4.69) is 11.1 Å². The van der Waals surface area contributed by atoms with E-state index in [9.17, 15) is 0 Å². The first-order valence-electron chi connectivity index (χ1n) is 6.42. The molecule has 0 aliphatic carbocycles. The van der Waals surface area contributed by atoms with Gasteiger partial charge in [0.2, 0.25) is 5.88 Å². The molecule has 0 saturated carbocycles. The van der Waals surface area contributed by atoms with E-state index < -0.39 is 0 Å². The van der Waals surface area contributed by atoms with Crippen LogP contribution in [0.5, 0.6) is 5.75 Å². The van der Waals surface area contributed by atoms with Crippen LogP contribution in [-0.4, -0.2) is 12.8 Å². The Morgan fingerprint density at radius 1 is 1.30 bits per heavy atom. The van der Waals surface area contributed by atoms with Gasteiger partial charge in [-0.25, -0.2) is 4.99 Å². The highest BCUT2D eigenvalue weighted by molar-refractivity contribution is 5.82. The summed E-state index contributed by atoms with van der Waals surface area (Å²) < 4.78 is 10.8. The summed E-state index contributed by atoms with van der Waals surface area (Å²) in [5, 5.41) is 9.10. The summed E-state index contributed by atoms with van der Waals surface area (Å²) in [5.74, 6) is 1.91. The van der Waals surface area contributed by atoms with Crippen molar-refractivity contribution in [2.75, 3.05) is 6.61 Å². The van der Waals surface area contributed by atoms with Crippen molar-refractivity contribution in [1.82, 2.24) is 0 Å². The Balaban J connectivity index is 2.21. The number of rotatable bonds is 4. The summed E-state index contributed by atoms with van der Waals surface area (Å²) in [5.41, 5.74) is 2.25. The number of aliphatic imine (C=N–C) groups is 1. The van der Waals surface area contributed by atoms with Crippen molar-refractivity contribution < 1.29 is 9.15 Å². The highest BCUT2D eigenvalue weighted by Gasteiger charge is 2.12. The van der Waals surface area contributed by atoms with Crippen LogP contribution in [0, 0.1) is 25.2 Å². The van der Waals surface area contributed by atoms with Gasteiger partial charge in [0.25, 0.3) is 0 Å². The van der Waals surface area contributed by atoms with Crippen molar-refractivity contribution in [2.45, 2.75) is 20.8 Å². The molecular formula is C16H16N2O2. The van der Waals surface area contributed by atoms with Crippen molar-refractivity contribution in [3.63, 3.8) is 0 Å². The SMILES string of the molecule is CCOc1ccc(/C=N/c2oc(C)c(C)c2C#N)cc1. The second kappa shape index (κ2) is 6.07. The minimum absolute atomic E-state index is 0.358. The molecule has 0 atom stereocenters. The molecule has 102 valence electrons. The van der Waals surface area contributed by atoms with E-state index in [1.54, 1.807) is 6.21 Å². The smallest absolute Gasteiger partial charge is 0.237 e. The summed E-state index contributed by atoms with van der Waals surface area (Å²) in [7, 11) is 0. The Bertz CT molecular complexity index is 661. The minimum Gasteiger partial charge on any atom is -0.494 e. The Labute approximate surface area is 118 Å². The van der Waals surface area contributed by atoms with E-state index in [1.807, 2.05) is 45.0 Å². The summed E-state index contributed by atoms with van der Waals surface area (Å²) in [6.45, 7) is 6.27. The van der Waals surface area contributed by atoms with E-state index >= 15 is 0 Å². The number of ether oxygens (including phenoxy) is 1. The summed E-state index contributed by atoms with van der Waals surface area (Å²) in [6.07, 6.45) is 1.67. The average Bonchev–Trinajstić information content (AvgIpc) is 2.73. The van der Waals surface area contributed by atoms with Gasteiger partial charge in [0.05, 0.1) is 6.61 Å². The van der Waals surface area contributed by atoms with E-state index in [0.29, 0.717) is 18.1 Å². The molecule has 0 aliphatic rings. The molecule has 2 aromatic rings. The molecule has 20 heavy (non-hydrogen) atoms. The van der Waals surface area contributed by atoms with E-state index in [1.165, 1.54) is 0 Å². The molecule has 0 aliphatic heterocycles. The molecule has 0 amide bonds. The average molecular weight is 268 g/mol. The van der Waals surface area contributed by atoms with E-state index in [0.717, 1.165) is 22.6 Å². The van der Waals surface area contributed by atoms with Crippen LogP contribution in [0.15, 0.2) is 33.7 Å². The number of nitrogens with zero attached hydrogens (tertiary/aromatic N) is 2. The highest BCUT2D eigenvalue weighted by Crippen LogP contribution is 2.27. The quantitative estimate of drug-likeness (QED) is 0.790. The lowest BCUT2D eigenvalue weighted by atomic mass is 10.2. The third kappa shape index (κ3) is 2.89. The maximum absolute atomic E-state index is 9.10. The summed E-state index contributed by atoms with van der Waals surface area (Å²) in [4.78, 5) is 4.25. The van der Waals surface area contributed by atoms with E-state index in [4.69, 9.17) is 14.4 Å². The Kier molecular flexibility index (Phi) is 4.21. The third-order valence-electron chi connectivity index (χ3n) is 3.00. The molecule has 0 N–H and O–H groups in total. The normalized spacial score (nSPS) is 10.7. The lowest BCUT2D eigenvalue weighted by molar-refractivity contribution is 0.340. The number of aryl methyl sites for hydroxylation is 1. The van der Waals surface area contributed by atoms with Crippen LogP contribution < -0.4 is 4.74 Å². The first kappa shape index (κ1) is 13.9. The monoisotopic (exact) mass is 268 g/mol. The Morgan fingerprint density at radius 3 is 2.60 bits per heavy atom. The number of furan rings is 1. The molecule has 1 aromatic heterocycles. The van der Waals surface area contributed by atoms with Gasteiger partial charge in [-0.2, -0.15) is 5.26 Å². The van der Waals surface area contributed by atoms with Gasteiger partial charge in [0.1, 0.15) is 23.1 Å². The predicted octanol–water partition coefficient (Wildman–Crippen LogP) is 3.92. The molecule has 4 nitrogen and oxygen atoms in total. The molecule has 0 saturated heterocycles. The van der Waals surface area contributed by atoms with Crippen LogP contribution in [-0.2, 0) is 0 Å². The van der Waals surface area contributed by atoms with Crippen LogP contribution in [0.1, 0.15) is 29.4 Å². The molecule has 0 unspecified atom stereocenters. The zero-order chi connectivity index (χ0) is 14.5. The number of hydrogen-bond donors (Lipinski definition) is 0. The first-order chi connectivity index (χ1) is 9.65. The van der Waals surface area contributed by atoms with Crippen molar-refractivity contribution >= 4 is 12.1 Å². The van der Waals surface area contributed by atoms with Crippen LogP contribution in [0.2, 0.25) is 0 Å². The van der Waals surface area contributed by atoms with Crippen molar-refractivity contribution in [3.05, 3.63) is 46.7 Å².